The molecule has 16 heteroatoms. The van der Waals surface area contributed by atoms with Crippen LogP contribution in [0.5, 0.6) is 0 Å². The molecule has 55 heavy (non-hydrogen) atoms. The molecule has 6 N–H and O–H groups in total. The summed E-state index contributed by atoms with van der Waals surface area (Å²) in [5.41, 5.74) is 1.94. The Balaban J connectivity index is 1.20. The number of esters is 1. The zero-order chi connectivity index (χ0) is 37.8. The Morgan fingerprint density at radius 2 is 1.55 bits per heavy atom. The molecule has 0 aliphatic carbocycles. The number of hydrogen-bond acceptors (Lipinski definition) is 9. The number of nitrogens with one attached hydrogen (secondary N) is 5. The number of hydrogen-bond donors (Lipinski definition) is 6. The van der Waals surface area contributed by atoms with Gasteiger partial charge in [0, 0.05) is 45.9 Å². The van der Waals surface area contributed by atoms with Crippen LogP contribution in [0.3, 0.4) is 0 Å². The van der Waals surface area contributed by atoms with Crippen LogP contribution in [-0.2, 0) is 39.6 Å². The summed E-state index contributed by atoms with van der Waals surface area (Å²) in [6, 6.07) is 18.9. The van der Waals surface area contributed by atoms with Gasteiger partial charge in [-0.3, -0.25) is 4.79 Å². The maximum absolute atomic E-state index is 14.0. The first kappa shape index (κ1) is 33.6. The van der Waals surface area contributed by atoms with Crippen LogP contribution in [0.2, 0.25) is 0 Å². The molecule has 10 rings (SSSR count). The van der Waals surface area contributed by atoms with Gasteiger partial charge < -0.3 is 59.1 Å². The van der Waals surface area contributed by atoms with E-state index in [0.717, 1.165) is 49.7 Å². The zero-order valence-corrected chi connectivity index (χ0v) is 31.1. The van der Waals surface area contributed by atoms with E-state index in [1.54, 1.807) is 19.5 Å². The summed E-state index contributed by atoms with van der Waals surface area (Å²) < 4.78 is 26.9. The van der Waals surface area contributed by atoms with Gasteiger partial charge in [0.1, 0.15) is 17.7 Å². The van der Waals surface area contributed by atoms with Crippen molar-refractivity contribution < 1.29 is 33.0 Å². The van der Waals surface area contributed by atoms with Crippen LogP contribution in [0.15, 0.2) is 82.0 Å². The number of methoxy groups -OCH3 is 1. The van der Waals surface area contributed by atoms with Gasteiger partial charge in [0.25, 0.3) is 5.91 Å². The van der Waals surface area contributed by atoms with Gasteiger partial charge in [-0.2, -0.15) is 0 Å². The van der Waals surface area contributed by atoms with Crippen molar-refractivity contribution >= 4 is 102 Å². The molecule has 0 spiro atoms. The Bertz CT molecular complexity index is 2790. The summed E-state index contributed by atoms with van der Waals surface area (Å²) in [5.74, 6) is 0.463. The molecule has 0 saturated carbocycles. The van der Waals surface area contributed by atoms with Crippen LogP contribution in [0, 0.1) is 0 Å². The summed E-state index contributed by atoms with van der Waals surface area (Å²) in [6.07, 6.45) is 2.30. The maximum atomic E-state index is 14.0. The summed E-state index contributed by atoms with van der Waals surface area (Å²) in [5, 5.41) is 32.3. The van der Waals surface area contributed by atoms with Crippen LogP contribution in [-0.4, -0.2) is 49.1 Å². The number of rotatable bonds is 7. The molecule has 14 nitrogen and oxygen atoms in total. The summed E-state index contributed by atoms with van der Waals surface area (Å²) >= 11 is 11.2. The Morgan fingerprint density at radius 1 is 0.927 bits per heavy atom. The first-order valence-electron chi connectivity index (χ1n) is 17.6. The predicted molar refractivity (Wildman–Crippen MR) is 213 cm³/mol. The topological polar surface area (TPSA) is 169 Å². The lowest BCUT2D eigenvalue weighted by molar-refractivity contribution is -0.202. The molecule has 278 valence electrons. The first-order chi connectivity index (χ1) is 26.6. The Hall–Kier alpha value is -5.94. The van der Waals surface area contributed by atoms with Crippen molar-refractivity contribution in [3.63, 3.8) is 0 Å². The third-order valence-corrected chi connectivity index (χ3v) is 11.6. The van der Waals surface area contributed by atoms with Crippen molar-refractivity contribution in [3.8, 4) is 0 Å². The van der Waals surface area contributed by atoms with Crippen LogP contribution in [0.4, 0.5) is 11.4 Å². The largest absolute Gasteiger partial charge is 0.467 e. The van der Waals surface area contributed by atoms with Gasteiger partial charge in [-0.1, -0.05) is 0 Å². The average molecular weight is 776 g/mol. The van der Waals surface area contributed by atoms with Crippen LogP contribution in [0.1, 0.15) is 47.0 Å². The molecule has 3 aliphatic rings. The molecule has 3 atom stereocenters. The van der Waals surface area contributed by atoms with Crippen LogP contribution >= 0.6 is 24.4 Å². The number of ether oxygens (including phenoxy) is 2. The number of carbonyl (C=O) groups excluding carboxylic acids is 2. The fourth-order valence-corrected chi connectivity index (χ4v) is 9.04. The Morgan fingerprint density at radius 3 is 2.15 bits per heavy atom. The molecule has 0 radical (unpaired) electrons. The maximum Gasteiger partial charge on any atom is 0.343 e. The highest BCUT2D eigenvalue weighted by atomic mass is 32.1. The number of aromatic nitrogens is 2. The van der Waals surface area contributed by atoms with Crippen molar-refractivity contribution in [2.24, 2.45) is 0 Å². The van der Waals surface area contributed by atoms with Gasteiger partial charge in [-0.25, -0.2) is 4.79 Å². The van der Waals surface area contributed by atoms with Gasteiger partial charge in [0.15, 0.2) is 15.9 Å². The first-order valence-corrected chi connectivity index (χ1v) is 18.4. The minimum atomic E-state index is -2.08. The number of amides is 1. The van der Waals surface area contributed by atoms with E-state index in [1.807, 2.05) is 69.8 Å². The zero-order valence-electron chi connectivity index (χ0n) is 29.4. The lowest BCUT2D eigenvalue weighted by Crippen LogP contribution is -2.56. The molecule has 4 aromatic heterocycles. The molecule has 1 amide bonds. The van der Waals surface area contributed by atoms with Crippen molar-refractivity contribution in [3.05, 3.63) is 95.8 Å². The minimum Gasteiger partial charge on any atom is -0.467 e. The molecule has 3 aliphatic heterocycles. The predicted octanol–water partition coefficient (Wildman–Crippen LogP) is 5.81. The number of carbonyl (C=O) groups is 2. The number of furan rings is 2. The van der Waals surface area contributed by atoms with Crippen molar-refractivity contribution in [1.82, 2.24) is 25.1 Å². The summed E-state index contributed by atoms with van der Waals surface area (Å²) in [7, 11) is 1.26. The number of thiocarbonyl (C=S) groups is 2. The fraction of sp³-hybridized carbons (Fsp3) is 0.231. The second-order valence-electron chi connectivity index (χ2n) is 14.0. The number of benzene rings is 3. The number of fused-ring (bicyclic) bond motifs is 13. The van der Waals surface area contributed by atoms with Crippen LogP contribution in [0.25, 0.3) is 43.6 Å². The Kier molecular flexibility index (Phi) is 7.35. The second-order valence-corrected chi connectivity index (χ2v) is 14.9. The molecule has 1 saturated heterocycles. The van der Waals surface area contributed by atoms with Gasteiger partial charge in [0.05, 0.1) is 60.4 Å². The molecule has 7 heterocycles. The van der Waals surface area contributed by atoms with Gasteiger partial charge >= 0.3 is 5.97 Å². The molecule has 3 unspecified atom stereocenters. The van der Waals surface area contributed by atoms with E-state index in [9.17, 15) is 14.7 Å². The lowest BCUT2D eigenvalue weighted by Gasteiger charge is -2.37. The fourth-order valence-electron chi connectivity index (χ4n) is 8.66. The SMILES string of the molecule is COC(=O)C1(O)CC2OC1(C)n1c3ccc(NC(=S)NCc4ccco4)cc3c3c4c(c5c6cc(NC(=S)NCc7ccco7)ccc6n2c5c31)C(=O)NC4. The summed E-state index contributed by atoms with van der Waals surface area (Å²) in [6.45, 7) is 2.80. The number of nitrogens with zero attached hydrogens (tertiary/aromatic N) is 2. The quantitative estimate of drug-likeness (QED) is 0.0848. The highest BCUT2D eigenvalue weighted by Gasteiger charge is 2.66. The second kappa shape index (κ2) is 12.0. The number of anilines is 2. The van der Waals surface area contributed by atoms with Gasteiger partial charge in [-0.05, 0) is 97.6 Å². The molecule has 1 fully saturated rings. The highest BCUT2D eigenvalue weighted by molar-refractivity contribution is 7.80. The van der Waals surface area contributed by atoms with Gasteiger partial charge in [-0.15, -0.1) is 0 Å². The van der Waals surface area contributed by atoms with Crippen molar-refractivity contribution in [2.75, 3.05) is 17.7 Å². The third-order valence-electron chi connectivity index (χ3n) is 11.1. The normalized spacial score (nSPS) is 20.9. The molecule has 2 bridgehead atoms. The molecule has 3 aromatic carbocycles. The van der Waals surface area contributed by atoms with Crippen molar-refractivity contribution in [1.29, 1.82) is 0 Å². The van der Waals surface area contributed by atoms with E-state index >= 15 is 0 Å². The van der Waals surface area contributed by atoms with E-state index in [0.29, 0.717) is 51.3 Å². The van der Waals surface area contributed by atoms with E-state index in [-0.39, 0.29) is 18.9 Å². The molecule has 7 aromatic rings. The lowest BCUT2D eigenvalue weighted by atomic mass is 9.88. The van der Waals surface area contributed by atoms with E-state index in [2.05, 4.69) is 26.6 Å². The summed E-state index contributed by atoms with van der Waals surface area (Å²) in [4.78, 5) is 27.6. The van der Waals surface area contributed by atoms with Gasteiger partial charge in [0.2, 0.25) is 5.60 Å². The minimum absolute atomic E-state index is 0.102. The average Bonchev–Trinajstić information content (AvgIpc) is 4.03. The monoisotopic (exact) mass is 775 g/mol. The standard InChI is InChI=1S/C39H33N7O7S2/c1-38-39(49,35(48)50-2)15-28(53-38)45-26-9-7-19(43-36(54)41-16-21-5-3-11-51-21)13-23(26)30-31-25(18-40-34(31)47)29-24-14-20(8-10-27(24)46(38)33(29)32(30)45)44-37(55)42-17-22-6-4-12-52-22/h3-14,28,49H,15-18H2,1-2H3,(H,40,47)(H2,41,43,54)(H2,42,44,55). The Labute approximate surface area is 322 Å². The third kappa shape index (κ3) is 4.78. The molecular formula is C39H33N7O7S2. The van der Waals surface area contributed by atoms with E-state index in [4.69, 9.17) is 42.7 Å². The number of aliphatic hydroxyl groups is 1. The smallest absolute Gasteiger partial charge is 0.343 e. The highest BCUT2D eigenvalue weighted by Crippen LogP contribution is 2.58. The van der Waals surface area contributed by atoms with E-state index in [1.165, 1.54) is 7.11 Å². The molecular weight excluding hydrogens is 743 g/mol. The van der Waals surface area contributed by atoms with E-state index < -0.39 is 23.5 Å². The van der Waals surface area contributed by atoms with Crippen LogP contribution < -0.4 is 26.6 Å². The van der Waals surface area contributed by atoms with Crippen molar-refractivity contribution in [2.45, 2.75) is 50.5 Å².